The van der Waals surface area contributed by atoms with Crippen LogP contribution >= 0.6 is 11.3 Å². The molecule has 0 spiro atoms. The fourth-order valence-corrected chi connectivity index (χ4v) is 2.45. The molecule has 1 amide bonds. The van der Waals surface area contributed by atoms with Gasteiger partial charge in [0.25, 0.3) is 0 Å². The quantitative estimate of drug-likeness (QED) is 0.850. The molecule has 1 aromatic carbocycles. The highest BCUT2D eigenvalue weighted by Crippen LogP contribution is 2.22. The number of aromatic nitrogens is 1. The summed E-state index contributed by atoms with van der Waals surface area (Å²) in [4.78, 5) is 26.8. The highest BCUT2D eigenvalue weighted by Gasteiger charge is 2.14. The van der Waals surface area contributed by atoms with E-state index in [0.29, 0.717) is 5.69 Å². The Kier molecular flexibility index (Phi) is 4.49. The zero-order valence-electron chi connectivity index (χ0n) is 11.6. The van der Waals surface area contributed by atoms with E-state index in [1.54, 1.807) is 13.0 Å². The normalized spacial score (nSPS) is 10.8. The molecule has 0 saturated heterocycles. The summed E-state index contributed by atoms with van der Waals surface area (Å²) in [7, 11) is 0. The van der Waals surface area contributed by atoms with Crippen molar-refractivity contribution >= 4 is 34.4 Å². The molecule has 6 heteroatoms. The van der Waals surface area contributed by atoms with Crippen molar-refractivity contribution in [3.63, 3.8) is 0 Å². The number of nitrogens with zero attached hydrogens (tertiary/aromatic N) is 1. The molecule has 1 aromatic heterocycles. The van der Waals surface area contributed by atoms with Gasteiger partial charge in [-0.2, -0.15) is 0 Å². The molecule has 0 radical (unpaired) electrons. The number of carbonyl (C=O) groups excluding carboxylic acids is 1. The molecule has 0 unspecified atom stereocenters. The molecule has 2 aromatic rings. The van der Waals surface area contributed by atoms with E-state index in [1.165, 1.54) is 6.08 Å². The first-order valence-electron chi connectivity index (χ1n) is 6.22. The van der Waals surface area contributed by atoms with Crippen molar-refractivity contribution in [2.45, 2.75) is 13.8 Å². The van der Waals surface area contributed by atoms with Crippen molar-refractivity contribution < 1.29 is 14.7 Å². The number of aryl methyl sites for hydroxylation is 2. The molecule has 2 N–H and O–H groups in total. The van der Waals surface area contributed by atoms with Crippen LogP contribution in [0.25, 0.3) is 6.08 Å². The SMILES string of the molecule is Cc1ccc(/C=C/C(=O)Nc2nc(C)c(C(=O)O)s2)cc1. The van der Waals surface area contributed by atoms with Crippen LogP contribution in [0.4, 0.5) is 5.13 Å². The summed E-state index contributed by atoms with van der Waals surface area (Å²) in [6, 6.07) is 7.74. The molecule has 2 rings (SSSR count). The van der Waals surface area contributed by atoms with Crippen molar-refractivity contribution in [3.05, 3.63) is 52.0 Å². The number of carbonyl (C=O) groups is 2. The minimum atomic E-state index is -1.04. The van der Waals surface area contributed by atoms with Gasteiger partial charge in [0.15, 0.2) is 5.13 Å². The third-order valence-corrected chi connectivity index (χ3v) is 3.79. The van der Waals surface area contributed by atoms with Gasteiger partial charge in [-0.3, -0.25) is 10.1 Å². The lowest BCUT2D eigenvalue weighted by Crippen LogP contribution is -2.07. The molecule has 0 fully saturated rings. The van der Waals surface area contributed by atoms with E-state index >= 15 is 0 Å². The van der Waals surface area contributed by atoms with Crippen LogP contribution in [-0.2, 0) is 4.79 Å². The number of carboxylic acids is 1. The maximum absolute atomic E-state index is 11.8. The van der Waals surface area contributed by atoms with Crippen LogP contribution in [0.1, 0.15) is 26.5 Å². The molecule has 0 saturated carbocycles. The fourth-order valence-electron chi connectivity index (χ4n) is 1.64. The van der Waals surface area contributed by atoms with Gasteiger partial charge in [-0.1, -0.05) is 41.2 Å². The molecule has 0 aliphatic heterocycles. The van der Waals surface area contributed by atoms with Crippen molar-refractivity contribution in [1.29, 1.82) is 0 Å². The summed E-state index contributed by atoms with van der Waals surface area (Å²) < 4.78 is 0. The van der Waals surface area contributed by atoms with Gasteiger partial charge in [0.05, 0.1) is 5.69 Å². The average molecular weight is 302 g/mol. The Morgan fingerprint density at radius 3 is 2.48 bits per heavy atom. The summed E-state index contributed by atoms with van der Waals surface area (Å²) in [5.74, 6) is -1.39. The predicted octanol–water partition coefficient (Wildman–Crippen LogP) is 3.11. The van der Waals surface area contributed by atoms with Crippen molar-refractivity contribution in [1.82, 2.24) is 4.98 Å². The second-order valence-electron chi connectivity index (χ2n) is 4.47. The fraction of sp³-hybridized carbons (Fsp3) is 0.133. The lowest BCUT2D eigenvalue weighted by molar-refractivity contribution is -0.111. The molecule has 0 atom stereocenters. The van der Waals surface area contributed by atoms with Gasteiger partial charge in [-0.05, 0) is 25.5 Å². The van der Waals surface area contributed by atoms with Gasteiger partial charge in [-0.25, -0.2) is 9.78 Å². The molecule has 1 heterocycles. The predicted molar refractivity (Wildman–Crippen MR) is 82.7 cm³/mol. The Balaban J connectivity index is 2.03. The van der Waals surface area contributed by atoms with E-state index in [2.05, 4.69) is 10.3 Å². The first kappa shape index (κ1) is 14.9. The van der Waals surface area contributed by atoms with Gasteiger partial charge in [0.1, 0.15) is 4.88 Å². The Bertz CT molecular complexity index is 702. The van der Waals surface area contributed by atoms with Gasteiger partial charge >= 0.3 is 5.97 Å². The second kappa shape index (κ2) is 6.32. The van der Waals surface area contributed by atoms with Crippen molar-refractivity contribution in [3.8, 4) is 0 Å². The standard InChI is InChI=1S/C15H14N2O3S/c1-9-3-5-11(6-4-9)7-8-12(18)17-15-16-10(2)13(21-15)14(19)20/h3-8H,1-2H3,(H,19,20)(H,16,17,18)/b8-7+. The van der Waals surface area contributed by atoms with E-state index < -0.39 is 5.97 Å². The number of benzene rings is 1. The van der Waals surface area contributed by atoms with Crippen LogP contribution in [0.2, 0.25) is 0 Å². The molecule has 0 aliphatic carbocycles. The van der Waals surface area contributed by atoms with E-state index in [1.807, 2.05) is 31.2 Å². The molecule has 108 valence electrons. The zero-order chi connectivity index (χ0) is 15.4. The minimum absolute atomic E-state index is 0.132. The van der Waals surface area contributed by atoms with E-state index in [4.69, 9.17) is 5.11 Å². The Labute approximate surface area is 126 Å². The largest absolute Gasteiger partial charge is 0.477 e. The second-order valence-corrected chi connectivity index (χ2v) is 5.47. The number of hydrogen-bond donors (Lipinski definition) is 2. The first-order chi connectivity index (χ1) is 9.95. The zero-order valence-corrected chi connectivity index (χ0v) is 12.4. The number of hydrogen-bond acceptors (Lipinski definition) is 4. The van der Waals surface area contributed by atoms with Crippen LogP contribution in [0, 0.1) is 13.8 Å². The van der Waals surface area contributed by atoms with Crippen LogP contribution in [0.3, 0.4) is 0 Å². The van der Waals surface area contributed by atoms with E-state index in [0.717, 1.165) is 22.5 Å². The van der Waals surface area contributed by atoms with Crippen LogP contribution in [-0.4, -0.2) is 22.0 Å². The van der Waals surface area contributed by atoms with Crippen molar-refractivity contribution in [2.75, 3.05) is 5.32 Å². The minimum Gasteiger partial charge on any atom is -0.477 e. The smallest absolute Gasteiger partial charge is 0.347 e. The number of carboxylic acid groups (broad SMARTS) is 1. The lowest BCUT2D eigenvalue weighted by atomic mass is 10.1. The summed E-state index contributed by atoms with van der Waals surface area (Å²) in [5.41, 5.74) is 2.46. The molecular formula is C15H14N2O3S. The highest BCUT2D eigenvalue weighted by molar-refractivity contribution is 7.17. The van der Waals surface area contributed by atoms with Crippen LogP contribution in [0.5, 0.6) is 0 Å². The Hall–Kier alpha value is -2.47. The molecule has 21 heavy (non-hydrogen) atoms. The Morgan fingerprint density at radius 2 is 1.90 bits per heavy atom. The Morgan fingerprint density at radius 1 is 1.24 bits per heavy atom. The highest BCUT2D eigenvalue weighted by atomic mass is 32.1. The number of anilines is 1. The average Bonchev–Trinajstić information content (AvgIpc) is 2.79. The van der Waals surface area contributed by atoms with E-state index in [-0.39, 0.29) is 15.9 Å². The topological polar surface area (TPSA) is 79.3 Å². The van der Waals surface area contributed by atoms with Crippen LogP contribution < -0.4 is 5.32 Å². The lowest BCUT2D eigenvalue weighted by Gasteiger charge is -1.96. The van der Waals surface area contributed by atoms with Gasteiger partial charge < -0.3 is 5.11 Å². The summed E-state index contributed by atoms with van der Waals surface area (Å²) in [5, 5.41) is 11.8. The monoisotopic (exact) mass is 302 g/mol. The van der Waals surface area contributed by atoms with Crippen molar-refractivity contribution in [2.24, 2.45) is 0 Å². The number of thiazole rings is 1. The van der Waals surface area contributed by atoms with Gasteiger partial charge in [-0.15, -0.1) is 0 Å². The summed E-state index contributed by atoms with van der Waals surface area (Å²) in [6.45, 7) is 3.59. The first-order valence-corrected chi connectivity index (χ1v) is 7.04. The maximum Gasteiger partial charge on any atom is 0.347 e. The molecule has 0 bridgehead atoms. The summed E-state index contributed by atoms with van der Waals surface area (Å²) >= 11 is 0.943. The summed E-state index contributed by atoms with van der Waals surface area (Å²) in [6.07, 6.45) is 3.08. The van der Waals surface area contributed by atoms with Gasteiger partial charge in [0.2, 0.25) is 5.91 Å². The number of aromatic carboxylic acids is 1. The molecule has 0 aliphatic rings. The maximum atomic E-state index is 11.8. The molecule has 5 nitrogen and oxygen atoms in total. The number of amides is 1. The number of rotatable bonds is 4. The van der Waals surface area contributed by atoms with Crippen LogP contribution in [0.15, 0.2) is 30.3 Å². The van der Waals surface area contributed by atoms with Gasteiger partial charge in [0, 0.05) is 6.08 Å². The number of nitrogens with one attached hydrogen (secondary N) is 1. The third-order valence-electron chi connectivity index (χ3n) is 2.73. The van der Waals surface area contributed by atoms with E-state index in [9.17, 15) is 9.59 Å². The third kappa shape index (κ3) is 4.00. The molecular weight excluding hydrogens is 288 g/mol.